The molecule has 0 aliphatic carbocycles. The second-order valence-corrected chi connectivity index (χ2v) is 7.87. The lowest BCUT2D eigenvalue weighted by atomic mass is 9.99. The number of oxime groups is 1. The minimum atomic E-state index is -1.19. The number of carboxylic acids is 1. The standard InChI is InChI=1S/C26H25ClN2O6/c1-33-21-5-4-6-22(34-2)23(21)17-9-7-16(8-10-17)15-20(26(31)32)28-25(30)24(29-35-3)18-11-13-19(27)14-12-18/h4-14,20H,15H2,1-3H3,(H,28,30)(H,31,32)/t20-/m0/s1. The summed E-state index contributed by atoms with van der Waals surface area (Å²) >= 11 is 5.91. The van der Waals surface area contributed by atoms with Crippen LogP contribution >= 0.6 is 11.6 Å². The highest BCUT2D eigenvalue weighted by Crippen LogP contribution is 2.38. The van der Waals surface area contributed by atoms with Crippen molar-refractivity contribution in [2.75, 3.05) is 21.3 Å². The molecule has 0 fully saturated rings. The second-order valence-electron chi connectivity index (χ2n) is 7.43. The SMILES string of the molecule is CON=C(C(=O)N[C@@H](Cc1ccc(-c2c(OC)cccc2OC)cc1)C(=O)O)c1ccc(Cl)cc1. The molecule has 0 saturated heterocycles. The molecule has 1 atom stereocenters. The lowest BCUT2D eigenvalue weighted by Crippen LogP contribution is -2.45. The van der Waals surface area contributed by atoms with Crippen molar-refractivity contribution in [1.82, 2.24) is 5.32 Å². The van der Waals surface area contributed by atoms with Gasteiger partial charge in [0.25, 0.3) is 5.91 Å². The summed E-state index contributed by atoms with van der Waals surface area (Å²) in [6.45, 7) is 0. The molecule has 0 bridgehead atoms. The summed E-state index contributed by atoms with van der Waals surface area (Å²) in [4.78, 5) is 29.6. The minimum Gasteiger partial charge on any atom is -0.496 e. The van der Waals surface area contributed by atoms with Crippen LogP contribution in [0, 0.1) is 0 Å². The number of carboxylic acid groups (broad SMARTS) is 1. The number of amides is 1. The maximum absolute atomic E-state index is 12.9. The van der Waals surface area contributed by atoms with Crippen LogP contribution in [0.4, 0.5) is 0 Å². The van der Waals surface area contributed by atoms with E-state index in [1.54, 1.807) is 50.6 Å². The highest BCUT2D eigenvalue weighted by Gasteiger charge is 2.24. The molecule has 0 aromatic heterocycles. The highest BCUT2D eigenvalue weighted by atomic mass is 35.5. The van der Waals surface area contributed by atoms with Gasteiger partial charge in [-0.05, 0) is 35.4 Å². The van der Waals surface area contributed by atoms with E-state index in [1.807, 2.05) is 30.3 Å². The van der Waals surface area contributed by atoms with E-state index in [0.29, 0.717) is 27.6 Å². The van der Waals surface area contributed by atoms with Crippen LogP contribution in [-0.4, -0.2) is 50.1 Å². The number of nitrogens with one attached hydrogen (secondary N) is 1. The molecule has 2 N–H and O–H groups in total. The molecule has 9 heteroatoms. The second kappa shape index (κ2) is 11.9. The zero-order valence-corrected chi connectivity index (χ0v) is 20.2. The molecule has 0 heterocycles. The van der Waals surface area contributed by atoms with E-state index in [0.717, 1.165) is 11.1 Å². The van der Waals surface area contributed by atoms with Gasteiger partial charge >= 0.3 is 5.97 Å². The van der Waals surface area contributed by atoms with Gasteiger partial charge in [0.15, 0.2) is 5.71 Å². The first-order chi connectivity index (χ1) is 16.9. The molecule has 0 unspecified atom stereocenters. The molecule has 0 radical (unpaired) electrons. The summed E-state index contributed by atoms with van der Waals surface area (Å²) in [6, 6.07) is 18.0. The predicted molar refractivity (Wildman–Crippen MR) is 133 cm³/mol. The van der Waals surface area contributed by atoms with E-state index < -0.39 is 17.9 Å². The Bertz CT molecular complexity index is 1190. The summed E-state index contributed by atoms with van der Waals surface area (Å²) in [6.07, 6.45) is 0.0608. The first kappa shape index (κ1) is 25.6. The fraction of sp³-hybridized carbons (Fsp3) is 0.192. The highest BCUT2D eigenvalue weighted by molar-refractivity contribution is 6.45. The zero-order valence-electron chi connectivity index (χ0n) is 19.4. The van der Waals surface area contributed by atoms with E-state index in [2.05, 4.69) is 10.5 Å². The van der Waals surface area contributed by atoms with Crippen LogP contribution in [0.1, 0.15) is 11.1 Å². The lowest BCUT2D eigenvalue weighted by Gasteiger charge is -2.16. The molecule has 3 aromatic carbocycles. The number of methoxy groups -OCH3 is 2. The number of nitrogens with zero attached hydrogens (tertiary/aromatic N) is 1. The monoisotopic (exact) mass is 496 g/mol. The average molecular weight is 497 g/mol. The van der Waals surface area contributed by atoms with Crippen molar-refractivity contribution < 1.29 is 29.0 Å². The van der Waals surface area contributed by atoms with Crippen molar-refractivity contribution in [3.05, 3.63) is 82.9 Å². The Kier molecular flexibility index (Phi) is 8.69. The molecule has 0 aliphatic heterocycles. The van der Waals surface area contributed by atoms with Gasteiger partial charge in [-0.1, -0.05) is 59.2 Å². The molecule has 0 saturated carbocycles. The molecular weight excluding hydrogens is 472 g/mol. The molecular formula is C26H25ClN2O6. The van der Waals surface area contributed by atoms with Gasteiger partial charge in [0, 0.05) is 17.0 Å². The summed E-state index contributed by atoms with van der Waals surface area (Å²) in [5, 5.41) is 16.5. The lowest BCUT2D eigenvalue weighted by molar-refractivity contribution is -0.141. The number of carbonyl (C=O) groups excluding carboxylic acids is 1. The zero-order chi connectivity index (χ0) is 25.4. The Morgan fingerprint density at radius 1 is 0.943 bits per heavy atom. The Morgan fingerprint density at radius 2 is 1.54 bits per heavy atom. The quantitative estimate of drug-likeness (QED) is 0.322. The van der Waals surface area contributed by atoms with Crippen molar-refractivity contribution in [1.29, 1.82) is 0 Å². The maximum atomic E-state index is 12.9. The van der Waals surface area contributed by atoms with Crippen LogP contribution in [0.3, 0.4) is 0 Å². The predicted octanol–water partition coefficient (Wildman–Crippen LogP) is 4.19. The molecule has 3 rings (SSSR count). The molecule has 3 aromatic rings. The van der Waals surface area contributed by atoms with Gasteiger partial charge in [-0.2, -0.15) is 0 Å². The molecule has 0 spiro atoms. The Morgan fingerprint density at radius 3 is 2.06 bits per heavy atom. The van der Waals surface area contributed by atoms with Crippen molar-refractivity contribution in [3.63, 3.8) is 0 Å². The van der Waals surface area contributed by atoms with Crippen LogP contribution in [0.5, 0.6) is 11.5 Å². The van der Waals surface area contributed by atoms with Crippen LogP contribution < -0.4 is 14.8 Å². The van der Waals surface area contributed by atoms with Crippen molar-refractivity contribution in [3.8, 4) is 22.6 Å². The van der Waals surface area contributed by atoms with Gasteiger partial charge in [-0.3, -0.25) is 4.79 Å². The van der Waals surface area contributed by atoms with Gasteiger partial charge in [-0.25, -0.2) is 4.79 Å². The van der Waals surface area contributed by atoms with Crippen LogP contribution in [0.2, 0.25) is 5.02 Å². The first-order valence-electron chi connectivity index (χ1n) is 10.6. The number of hydrogen-bond acceptors (Lipinski definition) is 6. The summed E-state index contributed by atoms with van der Waals surface area (Å²) in [5.41, 5.74) is 2.72. The van der Waals surface area contributed by atoms with Crippen LogP contribution in [0.25, 0.3) is 11.1 Å². The Balaban J connectivity index is 1.80. The van der Waals surface area contributed by atoms with Crippen molar-refractivity contribution in [2.24, 2.45) is 5.16 Å². The number of aliphatic carboxylic acids is 1. The maximum Gasteiger partial charge on any atom is 0.326 e. The molecule has 0 aliphatic rings. The number of carbonyl (C=O) groups is 2. The number of benzene rings is 3. The summed E-state index contributed by atoms with van der Waals surface area (Å²) in [7, 11) is 4.46. The largest absolute Gasteiger partial charge is 0.496 e. The third kappa shape index (κ3) is 6.30. The third-order valence-corrected chi connectivity index (χ3v) is 5.48. The number of rotatable bonds is 10. The smallest absolute Gasteiger partial charge is 0.326 e. The number of hydrogen-bond donors (Lipinski definition) is 2. The van der Waals surface area contributed by atoms with E-state index >= 15 is 0 Å². The summed E-state index contributed by atoms with van der Waals surface area (Å²) in [5.74, 6) is -0.557. The third-order valence-electron chi connectivity index (χ3n) is 5.23. The van der Waals surface area contributed by atoms with E-state index in [1.165, 1.54) is 7.11 Å². The fourth-order valence-corrected chi connectivity index (χ4v) is 3.66. The normalized spacial score (nSPS) is 11.9. The van der Waals surface area contributed by atoms with E-state index in [-0.39, 0.29) is 12.1 Å². The van der Waals surface area contributed by atoms with Gasteiger partial charge in [0.05, 0.1) is 19.8 Å². The van der Waals surface area contributed by atoms with Crippen LogP contribution in [0.15, 0.2) is 71.9 Å². The first-order valence-corrected chi connectivity index (χ1v) is 11.0. The minimum absolute atomic E-state index is 0.0608. The van der Waals surface area contributed by atoms with Gasteiger partial charge in [-0.15, -0.1) is 0 Å². The van der Waals surface area contributed by atoms with E-state index in [4.69, 9.17) is 25.9 Å². The summed E-state index contributed by atoms with van der Waals surface area (Å²) < 4.78 is 10.9. The molecule has 8 nitrogen and oxygen atoms in total. The Labute approximate surface area is 208 Å². The van der Waals surface area contributed by atoms with Crippen LogP contribution in [-0.2, 0) is 20.8 Å². The molecule has 1 amide bonds. The topological polar surface area (TPSA) is 106 Å². The number of halogens is 1. The van der Waals surface area contributed by atoms with Gasteiger partial charge in [0.1, 0.15) is 24.7 Å². The van der Waals surface area contributed by atoms with Gasteiger partial charge in [0.2, 0.25) is 0 Å². The van der Waals surface area contributed by atoms with Crippen molar-refractivity contribution in [2.45, 2.75) is 12.5 Å². The van der Waals surface area contributed by atoms with Crippen molar-refractivity contribution >= 4 is 29.2 Å². The Hall–Kier alpha value is -4.04. The molecule has 35 heavy (non-hydrogen) atoms. The number of ether oxygens (including phenoxy) is 2. The average Bonchev–Trinajstić information content (AvgIpc) is 2.87. The molecule has 182 valence electrons. The van der Waals surface area contributed by atoms with Gasteiger partial charge < -0.3 is 24.7 Å². The fourth-order valence-electron chi connectivity index (χ4n) is 3.53. The van der Waals surface area contributed by atoms with E-state index in [9.17, 15) is 14.7 Å².